The van der Waals surface area contributed by atoms with Crippen molar-refractivity contribution in [2.75, 3.05) is 12.3 Å². The van der Waals surface area contributed by atoms with Crippen LogP contribution in [0, 0.1) is 0 Å². The van der Waals surface area contributed by atoms with Crippen LogP contribution in [0.15, 0.2) is 89.8 Å². The van der Waals surface area contributed by atoms with Gasteiger partial charge in [0.15, 0.2) is 0 Å². The molecule has 1 aromatic heterocycles. The number of hydrogen-bond acceptors (Lipinski definition) is 4. The number of para-hydroxylation sites is 1. The molecular weight excluding hydrogens is 518 g/mol. The number of thioether (sulfide) groups is 1. The first-order chi connectivity index (χ1) is 19.5. The summed E-state index contributed by atoms with van der Waals surface area (Å²) in [7, 11) is 0. The van der Waals surface area contributed by atoms with E-state index < -0.39 is 6.04 Å². The van der Waals surface area contributed by atoms with Crippen LogP contribution >= 0.6 is 11.8 Å². The fourth-order valence-corrected chi connectivity index (χ4v) is 5.55. The lowest BCUT2D eigenvalue weighted by atomic mass is 10.0. The maximum absolute atomic E-state index is 13.3. The molecule has 0 fully saturated rings. The van der Waals surface area contributed by atoms with E-state index in [0.717, 1.165) is 51.9 Å². The molecule has 0 unspecified atom stereocenters. The standard InChI is InChI=1S/C33H37N3O3S/c1-24(37)13-5-2-10-20-30(35-31(38)23-40-26-16-8-4-9-17-26)33(39)34-22-21-28-27-18-11-12-19-29(27)36-32(28)25-14-6-3-7-15-25/h3-4,6-9,11-12,14-19,30,36H,2,5,10,13,20-23H2,1H3,(H,34,39)(H,35,38)/t30-/m0/s1. The molecule has 7 heteroatoms. The largest absolute Gasteiger partial charge is 0.354 e. The summed E-state index contributed by atoms with van der Waals surface area (Å²) in [4.78, 5) is 41.9. The maximum Gasteiger partial charge on any atom is 0.242 e. The molecule has 1 atom stereocenters. The molecule has 0 bridgehead atoms. The van der Waals surface area contributed by atoms with Gasteiger partial charge in [0.05, 0.1) is 5.75 Å². The average Bonchev–Trinajstić information content (AvgIpc) is 3.34. The highest BCUT2D eigenvalue weighted by Gasteiger charge is 2.21. The third-order valence-corrected chi connectivity index (χ3v) is 7.85. The second-order valence-electron chi connectivity index (χ2n) is 9.95. The Kier molecular flexibility index (Phi) is 11.0. The minimum atomic E-state index is -0.613. The van der Waals surface area contributed by atoms with Crippen molar-refractivity contribution in [1.29, 1.82) is 0 Å². The van der Waals surface area contributed by atoms with Crippen LogP contribution < -0.4 is 10.6 Å². The van der Waals surface area contributed by atoms with Crippen molar-refractivity contribution in [3.8, 4) is 11.3 Å². The summed E-state index contributed by atoms with van der Waals surface area (Å²) < 4.78 is 0. The van der Waals surface area contributed by atoms with Gasteiger partial charge in [0, 0.05) is 34.5 Å². The van der Waals surface area contributed by atoms with E-state index in [2.05, 4.69) is 39.9 Å². The Labute approximate surface area is 240 Å². The highest BCUT2D eigenvalue weighted by atomic mass is 32.2. The Balaban J connectivity index is 1.38. The molecule has 1 heterocycles. The van der Waals surface area contributed by atoms with Gasteiger partial charge in [-0.25, -0.2) is 0 Å². The minimum Gasteiger partial charge on any atom is -0.354 e. The first kappa shape index (κ1) is 29.2. The summed E-state index contributed by atoms with van der Waals surface area (Å²) in [6.45, 7) is 2.05. The topological polar surface area (TPSA) is 91.1 Å². The fraction of sp³-hybridized carbons (Fsp3) is 0.303. The van der Waals surface area contributed by atoms with Gasteiger partial charge < -0.3 is 20.4 Å². The van der Waals surface area contributed by atoms with Gasteiger partial charge in [-0.2, -0.15) is 0 Å². The van der Waals surface area contributed by atoms with Crippen molar-refractivity contribution >= 4 is 40.3 Å². The highest BCUT2D eigenvalue weighted by molar-refractivity contribution is 8.00. The molecule has 0 radical (unpaired) electrons. The SMILES string of the molecule is CC(=O)CCCCC[C@H](NC(=O)CSc1ccccc1)C(=O)NCCc1c(-c2ccccc2)[nH]c2ccccc12. The smallest absolute Gasteiger partial charge is 0.242 e. The number of ketones is 1. The third kappa shape index (κ3) is 8.58. The van der Waals surface area contributed by atoms with Crippen LogP contribution in [0.4, 0.5) is 0 Å². The molecule has 6 nitrogen and oxygen atoms in total. The van der Waals surface area contributed by atoms with Gasteiger partial charge in [-0.1, -0.05) is 79.6 Å². The van der Waals surface area contributed by atoms with Crippen molar-refractivity contribution in [2.24, 2.45) is 0 Å². The molecule has 40 heavy (non-hydrogen) atoms. The van der Waals surface area contributed by atoms with E-state index in [9.17, 15) is 14.4 Å². The monoisotopic (exact) mass is 555 g/mol. The molecule has 0 saturated carbocycles. The van der Waals surface area contributed by atoms with Crippen LogP contribution in [-0.2, 0) is 20.8 Å². The Morgan fingerprint density at radius 2 is 1.55 bits per heavy atom. The zero-order valence-electron chi connectivity index (χ0n) is 23.0. The van der Waals surface area contributed by atoms with E-state index in [4.69, 9.17) is 0 Å². The molecule has 4 rings (SSSR count). The van der Waals surface area contributed by atoms with Crippen molar-refractivity contribution in [2.45, 2.75) is 56.4 Å². The Hall–Kier alpha value is -3.84. The lowest BCUT2D eigenvalue weighted by Gasteiger charge is -2.19. The Bertz CT molecular complexity index is 1400. The van der Waals surface area contributed by atoms with E-state index in [1.54, 1.807) is 6.92 Å². The molecule has 3 aromatic carbocycles. The number of carbonyl (C=O) groups is 3. The molecule has 3 N–H and O–H groups in total. The predicted octanol–water partition coefficient (Wildman–Crippen LogP) is 6.31. The van der Waals surface area contributed by atoms with Crippen LogP contribution in [0.3, 0.4) is 0 Å². The van der Waals surface area contributed by atoms with Gasteiger partial charge in [-0.05, 0) is 55.5 Å². The molecule has 4 aromatic rings. The lowest BCUT2D eigenvalue weighted by molar-refractivity contribution is -0.128. The van der Waals surface area contributed by atoms with Crippen LogP contribution in [0.5, 0.6) is 0 Å². The summed E-state index contributed by atoms with van der Waals surface area (Å²) in [5, 5.41) is 7.17. The van der Waals surface area contributed by atoms with Crippen molar-refractivity contribution < 1.29 is 14.4 Å². The van der Waals surface area contributed by atoms with Gasteiger partial charge in [-0.3, -0.25) is 9.59 Å². The van der Waals surface area contributed by atoms with Gasteiger partial charge in [0.2, 0.25) is 11.8 Å². The summed E-state index contributed by atoms with van der Waals surface area (Å²) in [5.41, 5.74) is 4.39. The summed E-state index contributed by atoms with van der Waals surface area (Å²) >= 11 is 1.45. The van der Waals surface area contributed by atoms with E-state index in [1.165, 1.54) is 11.8 Å². The normalized spacial score (nSPS) is 11.7. The molecule has 0 aliphatic rings. The fourth-order valence-electron chi connectivity index (χ4n) is 4.81. The van der Waals surface area contributed by atoms with Gasteiger partial charge >= 0.3 is 0 Å². The maximum atomic E-state index is 13.3. The summed E-state index contributed by atoms with van der Waals surface area (Å²) in [6.07, 6.45) is 4.14. The Morgan fingerprint density at radius 1 is 0.850 bits per heavy atom. The van der Waals surface area contributed by atoms with E-state index in [0.29, 0.717) is 25.8 Å². The van der Waals surface area contributed by atoms with Crippen molar-refractivity contribution in [3.63, 3.8) is 0 Å². The molecule has 208 valence electrons. The molecule has 0 aliphatic carbocycles. The minimum absolute atomic E-state index is 0.166. The molecule has 0 saturated heterocycles. The van der Waals surface area contributed by atoms with Crippen LogP contribution in [0.1, 0.15) is 44.6 Å². The third-order valence-electron chi connectivity index (χ3n) is 6.84. The zero-order chi connectivity index (χ0) is 28.2. The van der Waals surface area contributed by atoms with Gasteiger partial charge in [0.1, 0.15) is 11.8 Å². The number of Topliss-reactive ketones (excluding diaryl/α,β-unsaturated/α-hetero) is 1. The number of amides is 2. The number of aromatic nitrogens is 1. The number of hydrogen-bond donors (Lipinski definition) is 3. The van der Waals surface area contributed by atoms with Crippen LogP contribution in [0.2, 0.25) is 0 Å². The van der Waals surface area contributed by atoms with Gasteiger partial charge in [-0.15, -0.1) is 11.8 Å². The number of aromatic amines is 1. The number of rotatable bonds is 15. The first-order valence-electron chi connectivity index (χ1n) is 13.9. The number of benzene rings is 3. The van der Waals surface area contributed by atoms with Crippen molar-refractivity contribution in [3.05, 3.63) is 90.5 Å². The van der Waals surface area contributed by atoms with Crippen LogP contribution in [0.25, 0.3) is 22.2 Å². The predicted molar refractivity (Wildman–Crippen MR) is 163 cm³/mol. The first-order valence-corrected chi connectivity index (χ1v) is 14.9. The number of H-pyrrole nitrogens is 1. The number of carbonyl (C=O) groups excluding carboxylic acids is 3. The molecular formula is C33H37N3O3S. The van der Waals surface area contributed by atoms with Gasteiger partial charge in [0.25, 0.3) is 0 Å². The average molecular weight is 556 g/mol. The molecule has 0 spiro atoms. The molecule has 2 amide bonds. The summed E-state index contributed by atoms with van der Waals surface area (Å²) in [6, 6.07) is 27.5. The van der Waals surface area contributed by atoms with E-state index in [1.807, 2.05) is 60.7 Å². The quantitative estimate of drug-likeness (QED) is 0.118. The second kappa shape index (κ2) is 15.1. The second-order valence-corrected chi connectivity index (χ2v) is 11.0. The lowest BCUT2D eigenvalue weighted by Crippen LogP contribution is -2.47. The summed E-state index contributed by atoms with van der Waals surface area (Å²) in [5.74, 6) is 0.0765. The zero-order valence-corrected chi connectivity index (χ0v) is 23.8. The Morgan fingerprint density at radius 3 is 2.30 bits per heavy atom. The molecule has 0 aliphatic heterocycles. The van der Waals surface area contributed by atoms with E-state index >= 15 is 0 Å². The number of nitrogens with one attached hydrogen (secondary N) is 3. The van der Waals surface area contributed by atoms with Crippen molar-refractivity contribution in [1.82, 2.24) is 15.6 Å². The highest BCUT2D eigenvalue weighted by Crippen LogP contribution is 2.30. The van der Waals surface area contributed by atoms with Crippen LogP contribution in [-0.4, -0.2) is 40.9 Å². The van der Waals surface area contributed by atoms with E-state index in [-0.39, 0.29) is 23.4 Å². The number of unbranched alkanes of at least 4 members (excludes halogenated alkanes) is 2. The number of fused-ring (bicyclic) bond motifs is 1.